The number of anilines is 4. The van der Waals surface area contributed by atoms with Crippen LogP contribution in [-0.4, -0.2) is 19.9 Å². The van der Waals surface area contributed by atoms with Gasteiger partial charge in [-0.1, -0.05) is 18.2 Å². The second-order valence-corrected chi connectivity index (χ2v) is 6.99. The number of aromatic nitrogens is 4. The van der Waals surface area contributed by atoms with Gasteiger partial charge in [0.25, 0.3) is 0 Å². The zero-order chi connectivity index (χ0) is 19.7. The standard InChI is InChI=1S/C22H22N6/c1-13-5-6-15(3)18(11-13)26-21-19-20(24-10-9-23-19)27-22(28-21)25-17-8-7-14(2)16(4)12-17/h5-12H,1-4H3,(H2,24,25,26,27,28). The molecular weight excluding hydrogens is 348 g/mol. The van der Waals surface area contributed by atoms with Gasteiger partial charge in [0.2, 0.25) is 5.95 Å². The van der Waals surface area contributed by atoms with E-state index in [0.717, 1.165) is 16.9 Å². The van der Waals surface area contributed by atoms with E-state index in [1.165, 1.54) is 16.7 Å². The lowest BCUT2D eigenvalue weighted by Crippen LogP contribution is -2.05. The summed E-state index contributed by atoms with van der Waals surface area (Å²) in [6.07, 6.45) is 3.28. The second kappa shape index (κ2) is 7.23. The summed E-state index contributed by atoms with van der Waals surface area (Å²) in [4.78, 5) is 18.0. The van der Waals surface area contributed by atoms with Gasteiger partial charge in [-0.05, 0) is 68.1 Å². The molecule has 28 heavy (non-hydrogen) atoms. The average Bonchev–Trinajstić information content (AvgIpc) is 2.68. The van der Waals surface area contributed by atoms with E-state index in [9.17, 15) is 0 Å². The Labute approximate surface area is 164 Å². The quantitative estimate of drug-likeness (QED) is 0.518. The molecule has 2 aromatic heterocycles. The van der Waals surface area contributed by atoms with E-state index in [2.05, 4.69) is 88.6 Å². The fourth-order valence-electron chi connectivity index (χ4n) is 2.95. The molecule has 2 aromatic carbocycles. The molecule has 0 spiro atoms. The third kappa shape index (κ3) is 3.62. The van der Waals surface area contributed by atoms with E-state index < -0.39 is 0 Å². The smallest absolute Gasteiger partial charge is 0.231 e. The summed E-state index contributed by atoms with van der Waals surface area (Å²) in [5, 5.41) is 6.70. The summed E-state index contributed by atoms with van der Waals surface area (Å²) in [5.74, 6) is 1.10. The highest BCUT2D eigenvalue weighted by atomic mass is 15.2. The summed E-state index contributed by atoms with van der Waals surface area (Å²) in [5.41, 5.74) is 7.85. The molecule has 2 heterocycles. The maximum absolute atomic E-state index is 4.68. The zero-order valence-corrected chi connectivity index (χ0v) is 16.4. The molecule has 6 heteroatoms. The van der Waals surface area contributed by atoms with Crippen LogP contribution in [0.25, 0.3) is 11.2 Å². The predicted molar refractivity (Wildman–Crippen MR) is 114 cm³/mol. The average molecular weight is 370 g/mol. The highest BCUT2D eigenvalue weighted by Crippen LogP contribution is 2.26. The number of rotatable bonds is 4. The van der Waals surface area contributed by atoms with E-state index in [0.29, 0.717) is 22.9 Å². The Morgan fingerprint density at radius 1 is 0.714 bits per heavy atom. The van der Waals surface area contributed by atoms with Crippen LogP contribution in [0.5, 0.6) is 0 Å². The number of hydrogen-bond acceptors (Lipinski definition) is 6. The lowest BCUT2D eigenvalue weighted by Gasteiger charge is -2.13. The SMILES string of the molecule is Cc1ccc(C)c(Nc2nc(Nc3ccc(C)c(C)c3)nc3nccnc23)c1. The first kappa shape index (κ1) is 17.9. The number of benzene rings is 2. The first-order valence-corrected chi connectivity index (χ1v) is 9.17. The summed E-state index contributed by atoms with van der Waals surface area (Å²) in [6, 6.07) is 12.4. The lowest BCUT2D eigenvalue weighted by atomic mass is 10.1. The third-order valence-corrected chi connectivity index (χ3v) is 4.74. The first-order valence-electron chi connectivity index (χ1n) is 9.17. The Balaban J connectivity index is 1.76. The van der Waals surface area contributed by atoms with Crippen molar-refractivity contribution in [1.29, 1.82) is 0 Å². The number of fused-ring (bicyclic) bond motifs is 1. The van der Waals surface area contributed by atoms with Crippen LogP contribution in [0.3, 0.4) is 0 Å². The Morgan fingerprint density at radius 3 is 2.32 bits per heavy atom. The van der Waals surface area contributed by atoms with Gasteiger partial charge in [-0.3, -0.25) is 0 Å². The van der Waals surface area contributed by atoms with Gasteiger partial charge < -0.3 is 10.6 Å². The maximum Gasteiger partial charge on any atom is 0.231 e. The van der Waals surface area contributed by atoms with Crippen molar-refractivity contribution in [3.05, 3.63) is 71.0 Å². The second-order valence-electron chi connectivity index (χ2n) is 6.99. The Hall–Kier alpha value is -3.54. The monoisotopic (exact) mass is 370 g/mol. The molecule has 0 radical (unpaired) electrons. The van der Waals surface area contributed by atoms with Crippen molar-refractivity contribution in [2.75, 3.05) is 10.6 Å². The largest absolute Gasteiger partial charge is 0.338 e. The van der Waals surface area contributed by atoms with Gasteiger partial charge in [0.05, 0.1) is 0 Å². The maximum atomic E-state index is 4.68. The summed E-state index contributed by atoms with van der Waals surface area (Å²) >= 11 is 0. The van der Waals surface area contributed by atoms with E-state index in [1.807, 2.05) is 6.07 Å². The highest BCUT2D eigenvalue weighted by Gasteiger charge is 2.12. The van der Waals surface area contributed by atoms with Gasteiger partial charge in [-0.25, -0.2) is 9.97 Å². The van der Waals surface area contributed by atoms with E-state index in [-0.39, 0.29) is 0 Å². The van der Waals surface area contributed by atoms with Gasteiger partial charge in [-0.2, -0.15) is 9.97 Å². The molecule has 0 fully saturated rings. The third-order valence-electron chi connectivity index (χ3n) is 4.74. The minimum atomic E-state index is 0.476. The summed E-state index contributed by atoms with van der Waals surface area (Å²) in [6.45, 7) is 8.30. The van der Waals surface area contributed by atoms with Gasteiger partial charge in [-0.15, -0.1) is 0 Å². The van der Waals surface area contributed by atoms with Crippen molar-refractivity contribution in [1.82, 2.24) is 19.9 Å². The number of nitrogens with one attached hydrogen (secondary N) is 2. The molecule has 0 bridgehead atoms. The van der Waals surface area contributed by atoms with E-state index in [1.54, 1.807) is 12.4 Å². The lowest BCUT2D eigenvalue weighted by molar-refractivity contribution is 1.14. The number of hydrogen-bond donors (Lipinski definition) is 2. The van der Waals surface area contributed by atoms with Crippen molar-refractivity contribution in [3.8, 4) is 0 Å². The van der Waals surface area contributed by atoms with Crippen LogP contribution in [0.4, 0.5) is 23.1 Å². The Kier molecular flexibility index (Phi) is 4.61. The van der Waals surface area contributed by atoms with E-state index >= 15 is 0 Å². The van der Waals surface area contributed by atoms with Crippen LogP contribution in [-0.2, 0) is 0 Å². The normalized spacial score (nSPS) is 10.9. The molecule has 0 saturated carbocycles. The number of nitrogens with zero attached hydrogens (tertiary/aromatic N) is 4. The fraction of sp³-hybridized carbons (Fsp3) is 0.182. The van der Waals surface area contributed by atoms with Gasteiger partial charge in [0, 0.05) is 23.8 Å². The minimum absolute atomic E-state index is 0.476. The van der Waals surface area contributed by atoms with Crippen molar-refractivity contribution in [2.45, 2.75) is 27.7 Å². The van der Waals surface area contributed by atoms with Gasteiger partial charge in [0.1, 0.15) is 0 Å². The minimum Gasteiger partial charge on any atom is -0.338 e. The molecule has 0 aliphatic carbocycles. The molecule has 0 aliphatic rings. The van der Waals surface area contributed by atoms with Crippen molar-refractivity contribution >= 4 is 34.3 Å². The molecule has 0 atom stereocenters. The molecule has 0 unspecified atom stereocenters. The number of aryl methyl sites for hydroxylation is 4. The molecule has 0 amide bonds. The summed E-state index contributed by atoms with van der Waals surface area (Å²) in [7, 11) is 0. The van der Waals surface area contributed by atoms with Gasteiger partial charge in [0.15, 0.2) is 17.0 Å². The van der Waals surface area contributed by atoms with Crippen LogP contribution in [0, 0.1) is 27.7 Å². The van der Waals surface area contributed by atoms with Crippen molar-refractivity contribution < 1.29 is 0 Å². The molecular formula is C22H22N6. The van der Waals surface area contributed by atoms with Crippen LogP contribution < -0.4 is 10.6 Å². The van der Waals surface area contributed by atoms with Gasteiger partial charge >= 0.3 is 0 Å². The molecule has 2 N–H and O–H groups in total. The highest BCUT2D eigenvalue weighted by molar-refractivity contribution is 5.86. The van der Waals surface area contributed by atoms with Crippen molar-refractivity contribution in [2.24, 2.45) is 0 Å². The van der Waals surface area contributed by atoms with Crippen molar-refractivity contribution in [3.63, 3.8) is 0 Å². The first-order chi connectivity index (χ1) is 13.5. The van der Waals surface area contributed by atoms with Crippen LogP contribution in [0.1, 0.15) is 22.3 Å². The molecule has 4 rings (SSSR count). The summed E-state index contributed by atoms with van der Waals surface area (Å²) < 4.78 is 0. The van der Waals surface area contributed by atoms with Crippen LogP contribution in [0.15, 0.2) is 48.8 Å². The molecule has 140 valence electrons. The molecule has 4 aromatic rings. The molecule has 0 saturated heterocycles. The topological polar surface area (TPSA) is 75.6 Å². The fourth-order valence-corrected chi connectivity index (χ4v) is 2.95. The Bertz CT molecular complexity index is 1170. The molecule has 0 aliphatic heterocycles. The zero-order valence-electron chi connectivity index (χ0n) is 16.4. The Morgan fingerprint density at radius 2 is 1.50 bits per heavy atom. The van der Waals surface area contributed by atoms with E-state index in [4.69, 9.17) is 0 Å². The predicted octanol–water partition coefficient (Wildman–Crippen LogP) is 5.14. The molecule has 6 nitrogen and oxygen atoms in total. The van der Waals surface area contributed by atoms with Crippen LogP contribution >= 0.6 is 0 Å². The van der Waals surface area contributed by atoms with Crippen LogP contribution in [0.2, 0.25) is 0 Å².